The van der Waals surface area contributed by atoms with Crippen LogP contribution in [0.5, 0.6) is 0 Å². The van der Waals surface area contributed by atoms with Crippen LogP contribution in [-0.4, -0.2) is 46.1 Å². The van der Waals surface area contributed by atoms with Gasteiger partial charge in [-0.05, 0) is 0 Å². The Bertz CT molecular complexity index is 724. The van der Waals surface area contributed by atoms with Crippen molar-refractivity contribution in [3.63, 3.8) is 0 Å². The molecule has 0 atom stereocenters. The second-order valence-electron chi connectivity index (χ2n) is 3.70. The van der Waals surface area contributed by atoms with Crippen molar-refractivity contribution in [2.75, 3.05) is 14.1 Å². The monoisotopic (exact) mass is 289 g/mol. The lowest BCUT2D eigenvalue weighted by atomic mass is 10.9. The standard InChI is InChI=1S/C8H11N5O3S2/c1-11(2)18(15,16)7-10-9-6(17-7)13-5-4-12(3)8(13)14/h4-5H,1-3H3. The van der Waals surface area contributed by atoms with Crippen LogP contribution in [0.15, 0.2) is 21.5 Å². The quantitative estimate of drug-likeness (QED) is 0.743. The number of hydrogen-bond acceptors (Lipinski definition) is 6. The summed E-state index contributed by atoms with van der Waals surface area (Å²) in [7, 11) is 0.796. The molecule has 0 amide bonds. The largest absolute Gasteiger partial charge is 0.334 e. The lowest BCUT2D eigenvalue weighted by Crippen LogP contribution is -2.22. The van der Waals surface area contributed by atoms with Crippen molar-refractivity contribution in [3.05, 3.63) is 22.9 Å². The number of rotatable bonds is 3. The molecule has 98 valence electrons. The Kier molecular flexibility index (Phi) is 3.09. The van der Waals surface area contributed by atoms with E-state index in [1.54, 1.807) is 13.2 Å². The summed E-state index contributed by atoms with van der Waals surface area (Å²) < 4.78 is 27.1. The highest BCUT2D eigenvalue weighted by molar-refractivity contribution is 7.91. The van der Waals surface area contributed by atoms with Gasteiger partial charge in [0.2, 0.25) is 9.47 Å². The topological polar surface area (TPSA) is 90.1 Å². The van der Waals surface area contributed by atoms with E-state index in [4.69, 9.17) is 0 Å². The molecule has 0 radical (unpaired) electrons. The van der Waals surface area contributed by atoms with Crippen LogP contribution >= 0.6 is 11.3 Å². The predicted molar refractivity (Wildman–Crippen MR) is 65.3 cm³/mol. The van der Waals surface area contributed by atoms with Crippen LogP contribution in [0.3, 0.4) is 0 Å². The first-order chi connectivity index (χ1) is 8.34. The van der Waals surface area contributed by atoms with Gasteiger partial charge < -0.3 is 4.57 Å². The first-order valence-electron chi connectivity index (χ1n) is 4.84. The minimum Gasteiger partial charge on any atom is -0.302 e. The van der Waals surface area contributed by atoms with Crippen LogP contribution in [0.25, 0.3) is 5.13 Å². The van der Waals surface area contributed by atoms with E-state index in [1.807, 2.05) is 0 Å². The maximum Gasteiger partial charge on any atom is 0.334 e. The van der Waals surface area contributed by atoms with Crippen LogP contribution in [0.4, 0.5) is 0 Å². The zero-order valence-corrected chi connectivity index (χ0v) is 11.6. The van der Waals surface area contributed by atoms with E-state index >= 15 is 0 Å². The van der Waals surface area contributed by atoms with Crippen molar-refractivity contribution in [1.82, 2.24) is 23.6 Å². The van der Waals surface area contributed by atoms with Crippen LogP contribution in [0.1, 0.15) is 0 Å². The number of sulfonamides is 1. The molecule has 0 N–H and O–H groups in total. The van der Waals surface area contributed by atoms with Gasteiger partial charge in [-0.2, -0.15) is 0 Å². The molecule has 2 aromatic heterocycles. The third kappa shape index (κ3) is 1.98. The fourth-order valence-electron chi connectivity index (χ4n) is 1.17. The number of hydrogen-bond donors (Lipinski definition) is 0. The van der Waals surface area contributed by atoms with Gasteiger partial charge in [-0.1, -0.05) is 11.3 Å². The molecule has 0 aliphatic carbocycles. The summed E-state index contributed by atoms with van der Waals surface area (Å²) in [6.45, 7) is 0. The molecule has 0 aromatic carbocycles. The Labute approximate surface area is 107 Å². The van der Waals surface area contributed by atoms with Gasteiger partial charge in [-0.3, -0.25) is 0 Å². The van der Waals surface area contributed by atoms with Gasteiger partial charge >= 0.3 is 5.69 Å². The third-order valence-electron chi connectivity index (χ3n) is 2.25. The normalized spacial score (nSPS) is 12.2. The van der Waals surface area contributed by atoms with Crippen molar-refractivity contribution in [2.24, 2.45) is 7.05 Å². The molecule has 0 spiro atoms. The molecule has 2 heterocycles. The van der Waals surface area contributed by atoms with Crippen LogP contribution in [-0.2, 0) is 17.1 Å². The van der Waals surface area contributed by atoms with E-state index in [2.05, 4.69) is 10.2 Å². The van der Waals surface area contributed by atoms with Crippen molar-refractivity contribution in [3.8, 4) is 5.13 Å². The van der Waals surface area contributed by atoms with E-state index in [0.717, 1.165) is 15.6 Å². The maximum absolute atomic E-state index is 11.8. The van der Waals surface area contributed by atoms with Crippen molar-refractivity contribution in [2.45, 2.75) is 4.34 Å². The van der Waals surface area contributed by atoms with Crippen molar-refractivity contribution < 1.29 is 8.42 Å². The van der Waals surface area contributed by atoms with Gasteiger partial charge in [0.05, 0.1) is 0 Å². The molecule has 10 heteroatoms. The van der Waals surface area contributed by atoms with E-state index in [0.29, 0.717) is 0 Å². The van der Waals surface area contributed by atoms with Gasteiger partial charge in [0.15, 0.2) is 0 Å². The minimum atomic E-state index is -3.61. The molecule has 2 rings (SSSR count). The fraction of sp³-hybridized carbons (Fsp3) is 0.375. The summed E-state index contributed by atoms with van der Waals surface area (Å²) in [6.07, 6.45) is 3.07. The summed E-state index contributed by atoms with van der Waals surface area (Å²) in [4.78, 5) is 11.7. The molecule has 0 saturated heterocycles. The summed E-state index contributed by atoms with van der Waals surface area (Å²) >= 11 is 0.847. The lowest BCUT2D eigenvalue weighted by Gasteiger charge is -2.06. The smallest absolute Gasteiger partial charge is 0.302 e. The molecule has 18 heavy (non-hydrogen) atoms. The predicted octanol–water partition coefficient (Wildman–Crippen LogP) is -0.722. The molecule has 0 aliphatic rings. The highest BCUT2D eigenvalue weighted by Crippen LogP contribution is 2.20. The molecule has 8 nitrogen and oxygen atoms in total. The van der Waals surface area contributed by atoms with E-state index < -0.39 is 10.0 Å². The van der Waals surface area contributed by atoms with Gasteiger partial charge in [-0.15, -0.1) is 10.2 Å². The number of aromatic nitrogens is 4. The third-order valence-corrected chi connectivity index (χ3v) is 5.33. The minimum absolute atomic E-state index is 0.141. The highest BCUT2D eigenvalue weighted by atomic mass is 32.2. The highest BCUT2D eigenvalue weighted by Gasteiger charge is 2.23. The Morgan fingerprint density at radius 3 is 2.44 bits per heavy atom. The van der Waals surface area contributed by atoms with Gasteiger partial charge in [0.25, 0.3) is 10.0 Å². The second-order valence-corrected chi connectivity index (χ2v) is 6.98. The first-order valence-corrected chi connectivity index (χ1v) is 7.10. The molecule has 2 aromatic rings. The molecular weight excluding hydrogens is 278 g/mol. The SMILES string of the molecule is CN(C)S(=O)(=O)c1nnc(-n2ccn(C)c2=O)s1. The molecule has 0 aliphatic heterocycles. The van der Waals surface area contributed by atoms with E-state index in [-0.39, 0.29) is 15.2 Å². The fourth-order valence-corrected chi connectivity index (χ4v) is 3.28. The second kappa shape index (κ2) is 4.30. The van der Waals surface area contributed by atoms with Crippen molar-refractivity contribution >= 4 is 21.4 Å². The summed E-state index contributed by atoms with van der Waals surface area (Å²) in [6, 6.07) is 0. The Morgan fingerprint density at radius 1 is 1.28 bits per heavy atom. The van der Waals surface area contributed by atoms with Crippen LogP contribution in [0, 0.1) is 0 Å². The van der Waals surface area contributed by atoms with Gasteiger partial charge in [-0.25, -0.2) is 22.1 Å². The summed E-state index contributed by atoms with van der Waals surface area (Å²) in [5, 5.41) is 7.55. The number of aryl methyl sites for hydroxylation is 1. The van der Waals surface area contributed by atoms with Crippen LogP contribution in [0.2, 0.25) is 0 Å². The average molecular weight is 289 g/mol. The van der Waals surface area contributed by atoms with E-state index in [9.17, 15) is 13.2 Å². The zero-order chi connectivity index (χ0) is 13.5. The molecule has 0 fully saturated rings. The number of nitrogens with zero attached hydrogens (tertiary/aromatic N) is 5. The average Bonchev–Trinajstić information content (AvgIpc) is 2.88. The molecule has 0 bridgehead atoms. The summed E-state index contributed by atoms with van der Waals surface area (Å²) in [5.41, 5.74) is -0.306. The van der Waals surface area contributed by atoms with E-state index in [1.165, 1.54) is 29.4 Å². The van der Waals surface area contributed by atoms with Gasteiger partial charge in [0.1, 0.15) is 0 Å². The first kappa shape index (κ1) is 12.9. The maximum atomic E-state index is 11.8. The molecule has 0 unspecified atom stereocenters. The summed E-state index contributed by atoms with van der Waals surface area (Å²) in [5.74, 6) is 0. The lowest BCUT2D eigenvalue weighted by molar-refractivity contribution is 0.519. The van der Waals surface area contributed by atoms with Crippen LogP contribution < -0.4 is 5.69 Å². The molecular formula is C8H11N5O3S2. The Hall–Kier alpha value is -1.52. The zero-order valence-electron chi connectivity index (χ0n) is 9.93. The Balaban J connectivity index is 2.50. The number of imidazole rings is 1. The molecule has 0 saturated carbocycles. The van der Waals surface area contributed by atoms with Gasteiger partial charge in [0, 0.05) is 33.5 Å². The van der Waals surface area contributed by atoms with Crippen molar-refractivity contribution in [1.29, 1.82) is 0 Å². The Morgan fingerprint density at radius 2 is 1.94 bits per heavy atom.